The van der Waals surface area contributed by atoms with E-state index in [1.807, 2.05) is 72.8 Å². The van der Waals surface area contributed by atoms with Gasteiger partial charge in [0.2, 0.25) is 0 Å². The topological polar surface area (TPSA) is 59.0 Å². The number of hydrogen-bond donors (Lipinski definition) is 1. The van der Waals surface area contributed by atoms with Crippen LogP contribution in [0.25, 0.3) is 0 Å². The summed E-state index contributed by atoms with van der Waals surface area (Å²) in [4.78, 5) is 14.1. The van der Waals surface area contributed by atoms with Crippen molar-refractivity contribution in [2.75, 3.05) is 13.7 Å². The predicted molar refractivity (Wildman–Crippen MR) is 129 cm³/mol. The minimum atomic E-state index is -0.795. The van der Waals surface area contributed by atoms with Gasteiger partial charge in [-0.3, -0.25) is 9.69 Å². The summed E-state index contributed by atoms with van der Waals surface area (Å²) in [5.74, 6) is 0.458. The van der Waals surface area contributed by atoms with E-state index in [4.69, 9.17) is 21.1 Å². The van der Waals surface area contributed by atoms with Crippen molar-refractivity contribution in [2.45, 2.75) is 38.0 Å². The normalized spacial score (nSPS) is 17.3. The summed E-state index contributed by atoms with van der Waals surface area (Å²) in [6.45, 7) is 1.13. The number of benzene rings is 3. The Labute approximate surface area is 199 Å². The second-order valence-electron chi connectivity index (χ2n) is 8.23. The van der Waals surface area contributed by atoms with E-state index in [1.54, 1.807) is 7.11 Å². The van der Waals surface area contributed by atoms with Crippen LogP contribution in [-0.2, 0) is 11.4 Å². The summed E-state index contributed by atoms with van der Waals surface area (Å²) < 4.78 is 11.7. The van der Waals surface area contributed by atoms with E-state index in [-0.39, 0.29) is 6.04 Å². The summed E-state index contributed by atoms with van der Waals surface area (Å²) >= 11 is 6.32. The van der Waals surface area contributed by atoms with E-state index in [1.165, 1.54) is 0 Å². The fourth-order valence-corrected chi connectivity index (χ4v) is 4.69. The van der Waals surface area contributed by atoms with Crippen LogP contribution in [0.4, 0.5) is 0 Å². The molecular weight excluding hydrogens is 438 g/mol. The van der Waals surface area contributed by atoms with E-state index < -0.39 is 12.0 Å². The summed E-state index contributed by atoms with van der Waals surface area (Å²) in [5, 5.41) is 10.5. The number of nitrogens with zero attached hydrogens (tertiary/aromatic N) is 1. The predicted octanol–water partition coefficient (Wildman–Crippen LogP) is 5.96. The number of rotatable bonds is 8. The molecule has 1 aliphatic rings. The molecule has 1 aliphatic heterocycles. The van der Waals surface area contributed by atoms with Gasteiger partial charge in [-0.15, -0.1) is 0 Å². The molecule has 3 aromatic rings. The Bertz CT molecular complexity index is 1090. The Morgan fingerprint density at radius 2 is 1.82 bits per heavy atom. The molecule has 0 saturated carbocycles. The Hall–Kier alpha value is -3.02. The fraction of sp³-hybridized carbons (Fsp3) is 0.296. The maximum Gasteiger partial charge on any atom is 0.320 e. The van der Waals surface area contributed by atoms with Crippen LogP contribution in [0.5, 0.6) is 11.5 Å². The summed E-state index contributed by atoms with van der Waals surface area (Å²) in [6, 6.07) is 22.6. The van der Waals surface area contributed by atoms with Gasteiger partial charge >= 0.3 is 5.97 Å². The first kappa shape index (κ1) is 23.1. The van der Waals surface area contributed by atoms with Gasteiger partial charge in [0.25, 0.3) is 0 Å². The number of aliphatic carboxylic acids is 1. The molecule has 33 heavy (non-hydrogen) atoms. The molecule has 0 spiro atoms. The zero-order chi connectivity index (χ0) is 23.2. The van der Waals surface area contributed by atoms with Crippen LogP contribution in [0, 0.1) is 0 Å². The molecule has 3 aromatic carbocycles. The molecule has 0 amide bonds. The van der Waals surface area contributed by atoms with Crippen molar-refractivity contribution in [3.05, 3.63) is 94.5 Å². The Morgan fingerprint density at radius 1 is 1.03 bits per heavy atom. The standard InChI is InChI=1S/C27H28ClNO4/c1-32-25-17-21(13-14-24(25)33-18-19-8-3-2-4-9-19)26(20-10-7-11-22(28)16-20)29-15-6-5-12-23(29)27(30)31/h2-4,7-11,13-14,16-17,23,26H,5-6,12,15,18H2,1H3,(H,30,31). The van der Waals surface area contributed by atoms with Crippen molar-refractivity contribution in [2.24, 2.45) is 0 Å². The van der Waals surface area contributed by atoms with E-state index in [0.29, 0.717) is 36.1 Å². The highest BCUT2D eigenvalue weighted by Gasteiger charge is 2.35. The number of likely N-dealkylation sites (tertiary alicyclic amines) is 1. The molecule has 0 bridgehead atoms. The molecule has 2 unspecified atom stereocenters. The van der Waals surface area contributed by atoms with Crippen LogP contribution in [0.3, 0.4) is 0 Å². The van der Waals surface area contributed by atoms with Crippen molar-refractivity contribution >= 4 is 17.6 Å². The fourth-order valence-electron chi connectivity index (χ4n) is 4.49. The molecule has 2 atom stereocenters. The van der Waals surface area contributed by atoms with Gasteiger partial charge in [0, 0.05) is 5.02 Å². The molecule has 4 rings (SSSR count). The van der Waals surface area contributed by atoms with Gasteiger partial charge in [-0.25, -0.2) is 0 Å². The monoisotopic (exact) mass is 465 g/mol. The average Bonchev–Trinajstić information content (AvgIpc) is 2.84. The molecule has 0 radical (unpaired) electrons. The van der Waals surface area contributed by atoms with Crippen molar-refractivity contribution in [1.82, 2.24) is 4.90 Å². The lowest BCUT2D eigenvalue weighted by Gasteiger charge is -2.39. The third kappa shape index (κ3) is 5.49. The van der Waals surface area contributed by atoms with Crippen molar-refractivity contribution < 1.29 is 19.4 Å². The number of carboxylic acids is 1. The minimum Gasteiger partial charge on any atom is -0.493 e. The van der Waals surface area contributed by atoms with Crippen molar-refractivity contribution in [1.29, 1.82) is 0 Å². The quantitative estimate of drug-likeness (QED) is 0.445. The Morgan fingerprint density at radius 3 is 2.55 bits per heavy atom. The number of carbonyl (C=O) groups is 1. The number of piperidine rings is 1. The smallest absolute Gasteiger partial charge is 0.320 e. The molecule has 1 fully saturated rings. The molecular formula is C27H28ClNO4. The van der Waals surface area contributed by atoms with Crippen LogP contribution in [-0.4, -0.2) is 35.7 Å². The summed E-state index contributed by atoms with van der Waals surface area (Å²) in [7, 11) is 1.61. The van der Waals surface area contributed by atoms with Gasteiger partial charge < -0.3 is 14.6 Å². The van der Waals surface area contributed by atoms with E-state index >= 15 is 0 Å². The van der Waals surface area contributed by atoms with E-state index in [2.05, 4.69) is 4.90 Å². The molecule has 0 aromatic heterocycles. The molecule has 1 N–H and O–H groups in total. The SMILES string of the molecule is COc1cc(C(c2cccc(Cl)c2)N2CCCCC2C(=O)O)ccc1OCc1ccccc1. The lowest BCUT2D eigenvalue weighted by atomic mass is 9.91. The lowest BCUT2D eigenvalue weighted by molar-refractivity contribution is -0.145. The van der Waals surface area contributed by atoms with Gasteiger partial charge in [-0.1, -0.05) is 66.6 Å². The molecule has 1 heterocycles. The number of halogens is 1. The zero-order valence-corrected chi connectivity index (χ0v) is 19.4. The van der Waals surface area contributed by atoms with Gasteiger partial charge in [-0.2, -0.15) is 0 Å². The summed E-state index contributed by atoms with van der Waals surface area (Å²) in [5.41, 5.74) is 2.96. The maximum absolute atomic E-state index is 12.1. The number of carboxylic acid groups (broad SMARTS) is 1. The maximum atomic E-state index is 12.1. The van der Waals surface area contributed by atoms with Crippen LogP contribution in [0.15, 0.2) is 72.8 Å². The largest absolute Gasteiger partial charge is 0.493 e. The Kier molecular flexibility index (Phi) is 7.53. The molecule has 172 valence electrons. The van der Waals surface area contributed by atoms with Crippen molar-refractivity contribution in [3.63, 3.8) is 0 Å². The molecule has 0 aliphatic carbocycles. The van der Waals surface area contributed by atoms with E-state index in [9.17, 15) is 9.90 Å². The minimum absolute atomic E-state index is 0.262. The van der Waals surface area contributed by atoms with Gasteiger partial charge in [0.05, 0.1) is 13.2 Å². The number of ether oxygens (including phenoxy) is 2. The first-order chi connectivity index (χ1) is 16.1. The molecule has 1 saturated heterocycles. The highest BCUT2D eigenvalue weighted by molar-refractivity contribution is 6.30. The second-order valence-corrected chi connectivity index (χ2v) is 8.67. The van der Waals surface area contributed by atoms with Crippen LogP contribution in [0.1, 0.15) is 42.0 Å². The van der Waals surface area contributed by atoms with E-state index in [0.717, 1.165) is 29.5 Å². The van der Waals surface area contributed by atoms with Crippen LogP contribution in [0.2, 0.25) is 5.02 Å². The first-order valence-corrected chi connectivity index (χ1v) is 11.5. The Balaban J connectivity index is 1.69. The highest BCUT2D eigenvalue weighted by Crippen LogP contribution is 2.39. The van der Waals surface area contributed by atoms with Crippen LogP contribution < -0.4 is 9.47 Å². The van der Waals surface area contributed by atoms with Crippen molar-refractivity contribution in [3.8, 4) is 11.5 Å². The van der Waals surface area contributed by atoms with Gasteiger partial charge in [0.15, 0.2) is 11.5 Å². The molecule has 6 heteroatoms. The zero-order valence-electron chi connectivity index (χ0n) is 18.6. The average molecular weight is 466 g/mol. The lowest BCUT2D eigenvalue weighted by Crippen LogP contribution is -2.46. The van der Waals surface area contributed by atoms with Gasteiger partial charge in [0.1, 0.15) is 12.6 Å². The second kappa shape index (κ2) is 10.7. The third-order valence-electron chi connectivity index (χ3n) is 6.07. The highest BCUT2D eigenvalue weighted by atomic mass is 35.5. The summed E-state index contributed by atoms with van der Waals surface area (Å²) in [6.07, 6.45) is 2.49. The van der Waals surface area contributed by atoms with Gasteiger partial charge in [-0.05, 0) is 60.3 Å². The van der Waals surface area contributed by atoms with Crippen LogP contribution >= 0.6 is 11.6 Å². The molecule has 5 nitrogen and oxygen atoms in total. The number of methoxy groups -OCH3 is 1. The third-order valence-corrected chi connectivity index (χ3v) is 6.30. The first-order valence-electron chi connectivity index (χ1n) is 11.2. The number of hydrogen-bond acceptors (Lipinski definition) is 4.